The molecule has 0 bridgehead atoms. The van der Waals surface area contributed by atoms with Crippen LogP contribution in [0.2, 0.25) is 5.02 Å². The normalized spacial score (nSPS) is 21.7. The highest BCUT2D eigenvalue weighted by Crippen LogP contribution is 2.48. The Balaban J connectivity index is 1.25. The molecule has 16 nitrogen and oxygen atoms in total. The molecule has 306 valence electrons. The number of nitrogens with zero attached hydrogens (tertiary/aromatic N) is 3. The molecule has 4 unspecified atom stereocenters. The predicted octanol–water partition coefficient (Wildman–Crippen LogP) is 5.18. The van der Waals surface area contributed by atoms with Crippen LogP contribution in [0.4, 0.5) is 17.5 Å². The average Bonchev–Trinajstić information content (AvgIpc) is 3.51. The van der Waals surface area contributed by atoms with E-state index >= 15 is 0 Å². The molecule has 0 radical (unpaired) electrons. The van der Waals surface area contributed by atoms with Gasteiger partial charge in [-0.15, -0.1) is 0 Å². The number of hydrogen-bond donors (Lipinski definition) is 5. The van der Waals surface area contributed by atoms with Gasteiger partial charge in [0.2, 0.25) is 17.8 Å². The summed E-state index contributed by atoms with van der Waals surface area (Å²) in [5.74, 6) is -0.273. The number of ether oxygens (including phenoxy) is 2. The topological polar surface area (TPSA) is 194 Å². The number of aromatic nitrogens is 2. The molecule has 4 atom stereocenters. The molecule has 2 saturated heterocycles. The molecule has 4 heterocycles. The summed E-state index contributed by atoms with van der Waals surface area (Å²) in [6.07, 6.45) is 0.819. The molecular formula is C40H46ClN8O8P. The number of piperidine rings is 2. The highest BCUT2D eigenvalue weighted by Gasteiger charge is 2.48. The molecule has 3 aromatic carbocycles. The zero-order valence-electron chi connectivity index (χ0n) is 32.5. The molecule has 5 N–H and O–H groups in total. The van der Waals surface area contributed by atoms with Gasteiger partial charge in [-0.2, -0.15) is 4.98 Å². The Kier molecular flexibility index (Phi) is 12.4. The quantitative estimate of drug-likeness (QED) is 0.0598. The summed E-state index contributed by atoms with van der Waals surface area (Å²) in [6, 6.07) is 21.2. The number of carbonyl (C=O) groups is 3. The van der Waals surface area contributed by atoms with Crippen LogP contribution in [0.25, 0.3) is 0 Å². The van der Waals surface area contributed by atoms with Gasteiger partial charge in [-0.1, -0.05) is 61.0 Å². The summed E-state index contributed by atoms with van der Waals surface area (Å²) in [6.45, 7) is 3.12. The van der Waals surface area contributed by atoms with Crippen molar-refractivity contribution in [2.45, 2.75) is 62.7 Å². The van der Waals surface area contributed by atoms with Gasteiger partial charge < -0.3 is 39.4 Å². The Morgan fingerprint density at radius 3 is 2.40 bits per heavy atom. The zero-order chi connectivity index (χ0) is 41.0. The first-order chi connectivity index (χ1) is 28.0. The van der Waals surface area contributed by atoms with Gasteiger partial charge >= 0.3 is 7.60 Å². The van der Waals surface area contributed by atoms with Crippen LogP contribution in [-0.4, -0.2) is 84.9 Å². The van der Waals surface area contributed by atoms with Crippen LogP contribution in [-0.2, 0) is 27.9 Å². The molecule has 58 heavy (non-hydrogen) atoms. The number of nitrogens with one attached hydrogen (secondary N) is 5. The van der Waals surface area contributed by atoms with Crippen molar-refractivity contribution in [2.24, 2.45) is 0 Å². The van der Waals surface area contributed by atoms with Crippen molar-refractivity contribution in [3.8, 4) is 5.75 Å². The second-order valence-electron chi connectivity index (χ2n) is 14.1. The van der Waals surface area contributed by atoms with Crippen molar-refractivity contribution in [3.63, 3.8) is 0 Å². The number of halogens is 1. The van der Waals surface area contributed by atoms with Crippen molar-refractivity contribution >= 4 is 59.7 Å². The minimum Gasteiger partial charge on any atom is -0.497 e. The molecule has 0 aliphatic carbocycles. The van der Waals surface area contributed by atoms with Crippen LogP contribution >= 0.6 is 19.2 Å². The summed E-state index contributed by atoms with van der Waals surface area (Å²) < 4.78 is 36.4. The number of methoxy groups -OCH3 is 1. The van der Waals surface area contributed by atoms with Crippen LogP contribution in [0.5, 0.6) is 5.75 Å². The van der Waals surface area contributed by atoms with E-state index in [0.29, 0.717) is 53.8 Å². The molecule has 18 heteroatoms. The van der Waals surface area contributed by atoms with Gasteiger partial charge in [-0.25, -0.2) is 4.98 Å². The van der Waals surface area contributed by atoms with Crippen LogP contribution in [0.1, 0.15) is 66.2 Å². The third-order valence-electron chi connectivity index (χ3n) is 10.7. The molecule has 3 amide bonds. The third-order valence-corrected chi connectivity index (χ3v) is 12.9. The van der Waals surface area contributed by atoms with E-state index in [1.807, 2.05) is 43.3 Å². The van der Waals surface area contributed by atoms with Crippen LogP contribution < -0.4 is 36.6 Å². The van der Waals surface area contributed by atoms with E-state index in [4.69, 9.17) is 35.1 Å². The average molecular weight is 833 g/mol. The van der Waals surface area contributed by atoms with Crippen LogP contribution in [0.15, 0.2) is 79.0 Å². The van der Waals surface area contributed by atoms with Gasteiger partial charge in [-0.05, 0) is 55.3 Å². The van der Waals surface area contributed by atoms with Gasteiger partial charge in [-0.3, -0.25) is 29.6 Å². The molecule has 0 spiro atoms. The zero-order valence-corrected chi connectivity index (χ0v) is 34.1. The maximum absolute atomic E-state index is 14.0. The number of fused-ring (bicyclic) bond motifs is 1. The Morgan fingerprint density at radius 1 is 0.983 bits per heavy atom. The SMILES string of the molecule is CCC(NC1(Nc2ncc(Cl)c(Nc3ccccc3P(=O)(OC)OC)n2)CCNCC1c1ccc(OC)cc1)OC1c2ccccc2C(=O)N1C1CC(=O)NC(=O)C1. The molecule has 4 aromatic rings. The lowest BCUT2D eigenvalue weighted by molar-refractivity contribution is -0.142. The summed E-state index contributed by atoms with van der Waals surface area (Å²) >= 11 is 6.68. The van der Waals surface area contributed by atoms with Crippen molar-refractivity contribution in [1.82, 2.24) is 30.8 Å². The number of para-hydroxylation sites is 1. The van der Waals surface area contributed by atoms with E-state index in [2.05, 4.69) is 31.6 Å². The smallest absolute Gasteiger partial charge is 0.362 e. The Morgan fingerprint density at radius 2 is 1.69 bits per heavy atom. The van der Waals surface area contributed by atoms with Crippen molar-refractivity contribution in [2.75, 3.05) is 45.1 Å². The van der Waals surface area contributed by atoms with Gasteiger partial charge in [0.15, 0.2) is 12.0 Å². The fourth-order valence-electron chi connectivity index (χ4n) is 7.84. The summed E-state index contributed by atoms with van der Waals surface area (Å²) in [7, 11) is 0.579. The minimum absolute atomic E-state index is 0.0322. The first-order valence-corrected chi connectivity index (χ1v) is 20.8. The number of carbonyl (C=O) groups excluding carboxylic acids is 3. The summed E-state index contributed by atoms with van der Waals surface area (Å²) in [5, 5.41) is 17.0. The van der Waals surface area contributed by atoms with Gasteiger partial charge in [0.05, 0.1) is 30.3 Å². The van der Waals surface area contributed by atoms with Crippen molar-refractivity contribution in [1.29, 1.82) is 0 Å². The van der Waals surface area contributed by atoms with E-state index in [1.165, 1.54) is 25.3 Å². The van der Waals surface area contributed by atoms with Gasteiger partial charge in [0.1, 0.15) is 22.7 Å². The van der Waals surface area contributed by atoms with E-state index in [1.54, 1.807) is 43.5 Å². The number of rotatable bonds is 15. The van der Waals surface area contributed by atoms with Crippen LogP contribution in [0, 0.1) is 0 Å². The second kappa shape index (κ2) is 17.5. The number of imide groups is 1. The van der Waals surface area contributed by atoms with Gasteiger partial charge in [0, 0.05) is 50.7 Å². The van der Waals surface area contributed by atoms with E-state index < -0.39 is 43.6 Å². The largest absolute Gasteiger partial charge is 0.497 e. The van der Waals surface area contributed by atoms with Crippen LogP contribution in [0.3, 0.4) is 0 Å². The monoisotopic (exact) mass is 832 g/mol. The van der Waals surface area contributed by atoms with Crippen molar-refractivity contribution in [3.05, 3.63) is 101 Å². The first-order valence-electron chi connectivity index (χ1n) is 18.9. The molecular weight excluding hydrogens is 787 g/mol. The lowest BCUT2D eigenvalue weighted by atomic mass is 9.80. The molecule has 7 rings (SSSR count). The second-order valence-corrected chi connectivity index (χ2v) is 16.7. The van der Waals surface area contributed by atoms with Crippen molar-refractivity contribution < 1.29 is 37.5 Å². The Labute approximate surface area is 341 Å². The summed E-state index contributed by atoms with van der Waals surface area (Å²) in [5.41, 5.74) is 1.52. The van der Waals surface area contributed by atoms with E-state index in [-0.39, 0.29) is 41.5 Å². The highest BCUT2D eigenvalue weighted by atomic mass is 35.5. The Bertz CT molecular complexity index is 2190. The summed E-state index contributed by atoms with van der Waals surface area (Å²) in [4.78, 5) is 50.0. The fraction of sp³-hybridized carbons (Fsp3) is 0.375. The lowest BCUT2D eigenvalue weighted by Crippen LogP contribution is -2.65. The minimum atomic E-state index is -3.67. The Hall–Kier alpha value is -4.93. The third kappa shape index (κ3) is 8.32. The number of anilines is 3. The van der Waals surface area contributed by atoms with E-state index in [9.17, 15) is 18.9 Å². The van der Waals surface area contributed by atoms with Gasteiger partial charge in [0.25, 0.3) is 5.91 Å². The molecule has 3 aliphatic heterocycles. The highest BCUT2D eigenvalue weighted by molar-refractivity contribution is 7.62. The maximum Gasteiger partial charge on any atom is 0.362 e. The van der Waals surface area contributed by atoms with E-state index in [0.717, 1.165) is 5.56 Å². The molecule has 3 aliphatic rings. The molecule has 1 aromatic heterocycles. The maximum atomic E-state index is 14.0. The predicted molar refractivity (Wildman–Crippen MR) is 217 cm³/mol. The number of hydrogen-bond acceptors (Lipinski definition) is 14. The first kappa shape index (κ1) is 41.2. The molecule has 0 saturated carbocycles. The standard InChI is InChI=1S/C40H46ClN8O8P/c1-5-35(57-38-28-11-7-6-10-27(28)37(52)49(38)25-20-33(50)45-34(51)21-25)47-40(18-19-42-22-29(40)24-14-16-26(54-2)17-15-24)48-39-43-23-30(41)36(46-39)44-31-12-8-9-13-32(31)58(53,55-3)56-4/h6-17,23,25,29,35,38,42,47H,5,18-22H2,1-4H3,(H,45,50,51)(H2,43,44,46,48). The lowest BCUT2D eigenvalue weighted by Gasteiger charge is -2.48. The molecule has 2 fully saturated rings. The number of benzene rings is 3. The fourth-order valence-corrected chi connectivity index (χ4v) is 9.21. The number of amides is 3.